The van der Waals surface area contributed by atoms with Gasteiger partial charge in [-0.05, 0) is 18.2 Å². The van der Waals surface area contributed by atoms with E-state index in [-0.39, 0.29) is 12.5 Å². The highest BCUT2D eigenvalue weighted by molar-refractivity contribution is 6.35. The molecular weight excluding hydrogens is 237 g/mol. The zero-order valence-corrected chi connectivity index (χ0v) is 9.38. The van der Waals surface area contributed by atoms with Crippen molar-refractivity contribution in [3.8, 4) is 0 Å². The Morgan fingerprint density at radius 3 is 2.47 bits per heavy atom. The third kappa shape index (κ3) is 2.43. The summed E-state index contributed by atoms with van der Waals surface area (Å²) in [6.07, 6.45) is 0. The summed E-state index contributed by atoms with van der Waals surface area (Å²) in [5.41, 5.74) is 0.723. The quantitative estimate of drug-likeness (QED) is 0.761. The fourth-order valence-electron chi connectivity index (χ4n) is 1.49. The fourth-order valence-corrected chi connectivity index (χ4v) is 2.00. The molecule has 1 aliphatic rings. The van der Waals surface area contributed by atoms with Crippen LogP contribution in [0.25, 0.3) is 0 Å². The Balaban J connectivity index is 2.31. The Kier molecular flexibility index (Phi) is 3.14. The van der Waals surface area contributed by atoms with E-state index < -0.39 is 0 Å². The topological polar surface area (TPSA) is 29.5 Å². The Morgan fingerprint density at radius 2 is 1.87 bits per heavy atom. The number of carbonyl (C=O) groups excluding carboxylic acids is 1. The van der Waals surface area contributed by atoms with Crippen LogP contribution in [0.4, 0.5) is 5.69 Å². The third-order valence-corrected chi connectivity index (χ3v) is 2.58. The van der Waals surface area contributed by atoms with Gasteiger partial charge in [0.1, 0.15) is 6.61 Å². The van der Waals surface area contributed by atoms with Gasteiger partial charge in [-0.3, -0.25) is 4.79 Å². The van der Waals surface area contributed by atoms with Gasteiger partial charge in [0.05, 0.1) is 6.61 Å². The molecule has 1 saturated heterocycles. The number of rotatable bonds is 1. The minimum atomic E-state index is -0.0698. The lowest BCUT2D eigenvalue weighted by molar-refractivity contribution is -0.125. The summed E-state index contributed by atoms with van der Waals surface area (Å²) in [6, 6.07) is 5.07. The minimum absolute atomic E-state index is 0.0698. The van der Waals surface area contributed by atoms with Crippen LogP contribution in [0.3, 0.4) is 0 Å². The van der Waals surface area contributed by atoms with Gasteiger partial charge in [-0.1, -0.05) is 23.2 Å². The number of hydrogen-bond acceptors (Lipinski definition) is 2. The van der Waals surface area contributed by atoms with Gasteiger partial charge in [-0.25, -0.2) is 0 Å². The predicted molar refractivity (Wildman–Crippen MR) is 59.6 cm³/mol. The zero-order chi connectivity index (χ0) is 10.8. The number of anilines is 1. The van der Waals surface area contributed by atoms with Crippen LogP contribution >= 0.6 is 23.2 Å². The molecule has 1 heterocycles. The summed E-state index contributed by atoms with van der Waals surface area (Å²) in [7, 11) is 0. The summed E-state index contributed by atoms with van der Waals surface area (Å²) in [6.45, 7) is 1.19. The molecular formula is C10H9Cl2NO2. The molecule has 0 aromatic heterocycles. The van der Waals surface area contributed by atoms with Gasteiger partial charge in [0.2, 0.25) is 0 Å². The van der Waals surface area contributed by atoms with E-state index in [9.17, 15) is 4.79 Å². The number of amides is 1. The summed E-state index contributed by atoms with van der Waals surface area (Å²) < 4.78 is 5.04. The van der Waals surface area contributed by atoms with Gasteiger partial charge < -0.3 is 9.64 Å². The molecule has 0 bridgehead atoms. The second kappa shape index (κ2) is 4.39. The van der Waals surface area contributed by atoms with Gasteiger partial charge in [0, 0.05) is 22.3 Å². The molecule has 0 spiro atoms. The first-order valence-electron chi connectivity index (χ1n) is 4.51. The van der Waals surface area contributed by atoms with E-state index >= 15 is 0 Å². The first kappa shape index (κ1) is 10.7. The highest BCUT2D eigenvalue weighted by atomic mass is 35.5. The molecule has 0 aliphatic carbocycles. The number of carbonyl (C=O) groups is 1. The van der Waals surface area contributed by atoms with Crippen LogP contribution in [0.2, 0.25) is 10.0 Å². The van der Waals surface area contributed by atoms with Crippen molar-refractivity contribution >= 4 is 34.8 Å². The smallest absolute Gasteiger partial charge is 0.253 e. The molecule has 3 nitrogen and oxygen atoms in total. The van der Waals surface area contributed by atoms with Crippen molar-refractivity contribution in [2.75, 3.05) is 24.7 Å². The van der Waals surface area contributed by atoms with Crippen molar-refractivity contribution in [1.29, 1.82) is 0 Å². The maximum absolute atomic E-state index is 11.5. The molecule has 0 atom stereocenters. The Morgan fingerprint density at radius 1 is 1.20 bits per heavy atom. The molecule has 1 aromatic carbocycles. The number of ether oxygens (including phenoxy) is 1. The van der Waals surface area contributed by atoms with E-state index in [4.69, 9.17) is 27.9 Å². The molecule has 0 saturated carbocycles. The van der Waals surface area contributed by atoms with Crippen LogP contribution in [0.1, 0.15) is 0 Å². The Hall–Kier alpha value is -0.770. The standard InChI is InChI=1S/C10H9Cl2NO2/c11-7-3-8(12)5-9(4-7)13-1-2-15-6-10(13)14/h3-5H,1-2,6H2. The Bertz CT molecular complexity index is 375. The molecule has 0 unspecified atom stereocenters. The molecule has 80 valence electrons. The van der Waals surface area contributed by atoms with Crippen molar-refractivity contribution in [3.05, 3.63) is 28.2 Å². The number of halogens is 2. The zero-order valence-electron chi connectivity index (χ0n) is 7.87. The SMILES string of the molecule is O=C1COCCN1c1cc(Cl)cc(Cl)c1. The summed E-state index contributed by atoms with van der Waals surface area (Å²) in [4.78, 5) is 13.2. The largest absolute Gasteiger partial charge is 0.370 e. The highest BCUT2D eigenvalue weighted by Gasteiger charge is 2.20. The molecule has 0 N–H and O–H groups in total. The molecule has 15 heavy (non-hydrogen) atoms. The van der Waals surface area contributed by atoms with Gasteiger partial charge in [0.25, 0.3) is 5.91 Å². The molecule has 2 rings (SSSR count). The molecule has 1 aromatic rings. The second-order valence-corrected chi connectivity index (χ2v) is 4.10. The van der Waals surface area contributed by atoms with Crippen molar-refractivity contribution in [3.63, 3.8) is 0 Å². The average Bonchev–Trinajstić information content (AvgIpc) is 2.16. The summed E-state index contributed by atoms with van der Waals surface area (Å²) >= 11 is 11.7. The van der Waals surface area contributed by atoms with Gasteiger partial charge in [0.15, 0.2) is 0 Å². The molecule has 1 fully saturated rings. The summed E-state index contributed by atoms with van der Waals surface area (Å²) in [5.74, 6) is -0.0698. The van der Waals surface area contributed by atoms with Crippen LogP contribution in [-0.2, 0) is 9.53 Å². The first-order valence-corrected chi connectivity index (χ1v) is 5.26. The van der Waals surface area contributed by atoms with E-state index in [1.807, 2.05) is 0 Å². The van der Waals surface area contributed by atoms with E-state index in [2.05, 4.69) is 0 Å². The number of hydrogen-bond donors (Lipinski definition) is 0. The Labute approximate surface area is 97.5 Å². The van der Waals surface area contributed by atoms with E-state index in [0.29, 0.717) is 23.2 Å². The van der Waals surface area contributed by atoms with E-state index in [1.165, 1.54) is 0 Å². The van der Waals surface area contributed by atoms with E-state index in [0.717, 1.165) is 5.69 Å². The number of benzene rings is 1. The van der Waals surface area contributed by atoms with Crippen molar-refractivity contribution < 1.29 is 9.53 Å². The lowest BCUT2D eigenvalue weighted by Gasteiger charge is -2.27. The maximum atomic E-state index is 11.5. The van der Waals surface area contributed by atoms with Crippen molar-refractivity contribution in [2.24, 2.45) is 0 Å². The first-order chi connectivity index (χ1) is 7.16. The maximum Gasteiger partial charge on any atom is 0.253 e. The molecule has 5 heteroatoms. The summed E-state index contributed by atoms with van der Waals surface area (Å²) in [5, 5.41) is 1.05. The monoisotopic (exact) mass is 245 g/mol. The van der Waals surface area contributed by atoms with Crippen LogP contribution in [-0.4, -0.2) is 25.7 Å². The average molecular weight is 246 g/mol. The third-order valence-electron chi connectivity index (χ3n) is 2.14. The van der Waals surface area contributed by atoms with Gasteiger partial charge in [-0.2, -0.15) is 0 Å². The van der Waals surface area contributed by atoms with Gasteiger partial charge >= 0.3 is 0 Å². The predicted octanol–water partition coefficient (Wildman–Crippen LogP) is 2.36. The van der Waals surface area contributed by atoms with Crippen molar-refractivity contribution in [2.45, 2.75) is 0 Å². The van der Waals surface area contributed by atoms with Crippen LogP contribution in [0.5, 0.6) is 0 Å². The fraction of sp³-hybridized carbons (Fsp3) is 0.300. The van der Waals surface area contributed by atoms with Crippen LogP contribution in [0.15, 0.2) is 18.2 Å². The molecule has 0 radical (unpaired) electrons. The number of morpholine rings is 1. The number of nitrogens with zero attached hydrogens (tertiary/aromatic N) is 1. The van der Waals surface area contributed by atoms with Crippen molar-refractivity contribution in [1.82, 2.24) is 0 Å². The minimum Gasteiger partial charge on any atom is -0.370 e. The normalized spacial score (nSPS) is 16.9. The van der Waals surface area contributed by atoms with Crippen LogP contribution in [0, 0.1) is 0 Å². The molecule has 1 aliphatic heterocycles. The lowest BCUT2D eigenvalue weighted by atomic mass is 10.2. The van der Waals surface area contributed by atoms with Crippen LogP contribution < -0.4 is 4.90 Å². The second-order valence-electron chi connectivity index (χ2n) is 3.23. The highest BCUT2D eigenvalue weighted by Crippen LogP contribution is 2.26. The van der Waals surface area contributed by atoms with Gasteiger partial charge in [-0.15, -0.1) is 0 Å². The lowest BCUT2D eigenvalue weighted by Crippen LogP contribution is -2.41. The molecule has 1 amide bonds. The van der Waals surface area contributed by atoms with E-state index in [1.54, 1.807) is 23.1 Å².